The van der Waals surface area contributed by atoms with Crippen molar-refractivity contribution in [2.75, 3.05) is 13.1 Å². The summed E-state index contributed by atoms with van der Waals surface area (Å²) in [5.41, 5.74) is 6.52. The Bertz CT molecular complexity index is 674. The van der Waals surface area contributed by atoms with E-state index in [1.165, 1.54) is 23.5 Å². The maximum atomic E-state index is 13.0. The molecule has 1 heterocycles. The minimum Gasteiger partial charge on any atom is -0.345 e. The molecule has 0 aliphatic carbocycles. The van der Waals surface area contributed by atoms with Crippen molar-refractivity contribution in [3.05, 3.63) is 46.6 Å². The van der Waals surface area contributed by atoms with Crippen molar-refractivity contribution in [2.24, 2.45) is 5.73 Å². The summed E-state index contributed by atoms with van der Waals surface area (Å²) in [6.45, 7) is 0.184. The van der Waals surface area contributed by atoms with E-state index >= 15 is 0 Å². The van der Waals surface area contributed by atoms with Crippen LogP contribution in [0.15, 0.2) is 30.3 Å². The molecule has 0 atom stereocenters. The number of carbonyl (C=O) groups is 1. The number of alkyl halides is 2. The number of nitrogens with one attached hydrogen (secondary N) is 1. The minimum absolute atomic E-state index is 0. The van der Waals surface area contributed by atoms with Crippen molar-refractivity contribution in [3.63, 3.8) is 0 Å². The fourth-order valence-electron chi connectivity index (χ4n) is 1.85. The van der Waals surface area contributed by atoms with E-state index in [-0.39, 0.29) is 18.2 Å². The van der Waals surface area contributed by atoms with Crippen LogP contribution in [0.5, 0.6) is 0 Å². The number of carbonyl (C=O) groups excluding carboxylic acids is 1. The molecule has 0 fully saturated rings. The molecule has 0 unspecified atom stereocenters. The van der Waals surface area contributed by atoms with Crippen molar-refractivity contribution < 1.29 is 18.0 Å². The maximum Gasteiger partial charge on any atom is 0.277 e. The lowest BCUT2D eigenvalue weighted by atomic mass is 10.1. The molecule has 2 rings (SSSR count). The normalized spacial score (nSPS) is 11.0. The lowest BCUT2D eigenvalue weighted by Crippen LogP contribution is -2.41. The van der Waals surface area contributed by atoms with Gasteiger partial charge in [-0.1, -0.05) is 12.1 Å². The van der Waals surface area contributed by atoms with E-state index < -0.39 is 24.9 Å². The Morgan fingerprint density at radius 2 is 1.91 bits per heavy atom. The predicted molar refractivity (Wildman–Crippen MR) is 88.0 cm³/mol. The molecule has 0 bridgehead atoms. The molecule has 1 amide bonds. The second-order valence-electron chi connectivity index (χ2n) is 4.87. The summed E-state index contributed by atoms with van der Waals surface area (Å²) in [6, 6.07) is 7.50. The van der Waals surface area contributed by atoms with Gasteiger partial charge in [-0.2, -0.15) is 0 Å². The first kappa shape index (κ1) is 19.5. The SMILES string of the molecule is Cc1cc(C(=O)NCC(F)(F)CN)sc1-c1ccc(F)cc1.Cl. The van der Waals surface area contributed by atoms with Crippen LogP contribution in [0.3, 0.4) is 0 Å². The number of benzene rings is 1. The van der Waals surface area contributed by atoms with Gasteiger partial charge < -0.3 is 11.1 Å². The van der Waals surface area contributed by atoms with Gasteiger partial charge in [-0.15, -0.1) is 23.7 Å². The van der Waals surface area contributed by atoms with Gasteiger partial charge in [0.15, 0.2) is 0 Å². The highest BCUT2D eigenvalue weighted by molar-refractivity contribution is 7.17. The van der Waals surface area contributed by atoms with Crippen LogP contribution < -0.4 is 11.1 Å². The van der Waals surface area contributed by atoms with Crippen molar-refractivity contribution in [1.29, 1.82) is 0 Å². The summed E-state index contributed by atoms with van der Waals surface area (Å²) in [6.07, 6.45) is 0. The summed E-state index contributed by atoms with van der Waals surface area (Å²) in [4.78, 5) is 13.0. The molecule has 3 N–H and O–H groups in total. The highest BCUT2D eigenvalue weighted by atomic mass is 35.5. The number of hydrogen-bond donors (Lipinski definition) is 2. The molecule has 1 aromatic carbocycles. The van der Waals surface area contributed by atoms with Gasteiger partial charge in [0.25, 0.3) is 11.8 Å². The smallest absolute Gasteiger partial charge is 0.277 e. The molecule has 0 spiro atoms. The second kappa shape index (κ2) is 7.81. The van der Waals surface area contributed by atoms with E-state index in [1.54, 1.807) is 25.1 Å². The van der Waals surface area contributed by atoms with Crippen LogP contribution in [-0.2, 0) is 0 Å². The van der Waals surface area contributed by atoms with Crippen LogP contribution in [0.2, 0.25) is 0 Å². The Morgan fingerprint density at radius 1 is 1.30 bits per heavy atom. The third kappa shape index (κ3) is 4.95. The molecule has 23 heavy (non-hydrogen) atoms. The Hall–Kier alpha value is -1.57. The van der Waals surface area contributed by atoms with E-state index in [2.05, 4.69) is 5.32 Å². The number of hydrogen-bond acceptors (Lipinski definition) is 3. The first-order valence-corrected chi connectivity index (χ1v) is 7.36. The average Bonchev–Trinajstić information content (AvgIpc) is 2.88. The summed E-state index contributed by atoms with van der Waals surface area (Å²) in [7, 11) is 0. The lowest BCUT2D eigenvalue weighted by Gasteiger charge is -2.13. The number of aryl methyl sites for hydroxylation is 1. The zero-order valence-corrected chi connectivity index (χ0v) is 13.9. The van der Waals surface area contributed by atoms with Gasteiger partial charge >= 0.3 is 0 Å². The Kier molecular flexibility index (Phi) is 6.61. The Labute approximate surface area is 142 Å². The lowest BCUT2D eigenvalue weighted by molar-refractivity contribution is 0.0119. The minimum atomic E-state index is -3.12. The molecule has 0 saturated carbocycles. The maximum absolute atomic E-state index is 13.0. The standard InChI is InChI=1S/C15H15F3N2OS.ClH/c1-9-6-12(14(21)20-8-15(17,18)7-19)22-13(9)10-2-4-11(16)5-3-10;/h2-6H,7-8,19H2,1H3,(H,20,21);1H. The summed E-state index contributed by atoms with van der Waals surface area (Å²) in [5, 5.41) is 2.17. The van der Waals surface area contributed by atoms with Crippen LogP contribution in [0, 0.1) is 12.7 Å². The average molecular weight is 365 g/mol. The van der Waals surface area contributed by atoms with Gasteiger partial charge in [-0.05, 0) is 36.2 Å². The number of amides is 1. The number of halogens is 4. The van der Waals surface area contributed by atoms with Gasteiger partial charge in [-0.25, -0.2) is 13.2 Å². The van der Waals surface area contributed by atoms with Crippen LogP contribution in [0.4, 0.5) is 13.2 Å². The zero-order chi connectivity index (χ0) is 16.3. The quantitative estimate of drug-likeness (QED) is 0.851. The largest absolute Gasteiger partial charge is 0.345 e. The molecule has 8 heteroatoms. The third-order valence-corrected chi connectivity index (χ3v) is 4.34. The monoisotopic (exact) mass is 364 g/mol. The topological polar surface area (TPSA) is 55.1 Å². The number of thiophene rings is 1. The van der Waals surface area contributed by atoms with Crippen molar-refractivity contribution in [3.8, 4) is 10.4 Å². The predicted octanol–water partition coefficient (Wildman–Crippen LogP) is 3.61. The van der Waals surface area contributed by atoms with Gasteiger partial charge in [0.1, 0.15) is 5.82 Å². The molecule has 0 radical (unpaired) electrons. The van der Waals surface area contributed by atoms with E-state index in [9.17, 15) is 18.0 Å². The first-order chi connectivity index (χ1) is 10.3. The number of nitrogens with two attached hydrogens (primary N) is 1. The fraction of sp³-hybridized carbons (Fsp3) is 0.267. The van der Waals surface area contributed by atoms with Crippen LogP contribution in [-0.4, -0.2) is 24.9 Å². The van der Waals surface area contributed by atoms with Crippen molar-refractivity contribution in [1.82, 2.24) is 5.32 Å². The molecule has 0 saturated heterocycles. The van der Waals surface area contributed by atoms with E-state index in [0.29, 0.717) is 4.88 Å². The summed E-state index contributed by atoms with van der Waals surface area (Å²) < 4.78 is 39.0. The Morgan fingerprint density at radius 3 is 2.48 bits per heavy atom. The molecule has 0 aliphatic rings. The fourth-order valence-corrected chi connectivity index (χ4v) is 2.95. The van der Waals surface area contributed by atoms with Crippen molar-refractivity contribution >= 4 is 29.7 Å². The van der Waals surface area contributed by atoms with Crippen LogP contribution in [0.1, 0.15) is 15.2 Å². The third-order valence-electron chi connectivity index (χ3n) is 3.05. The van der Waals surface area contributed by atoms with E-state index in [1.807, 2.05) is 0 Å². The molecule has 3 nitrogen and oxygen atoms in total. The van der Waals surface area contributed by atoms with Gasteiger partial charge in [0.2, 0.25) is 0 Å². The van der Waals surface area contributed by atoms with Crippen molar-refractivity contribution in [2.45, 2.75) is 12.8 Å². The highest BCUT2D eigenvalue weighted by Gasteiger charge is 2.27. The van der Waals surface area contributed by atoms with E-state index in [4.69, 9.17) is 5.73 Å². The number of rotatable bonds is 5. The first-order valence-electron chi connectivity index (χ1n) is 6.55. The second-order valence-corrected chi connectivity index (χ2v) is 5.92. The van der Waals surface area contributed by atoms with Gasteiger partial charge in [0, 0.05) is 4.88 Å². The van der Waals surface area contributed by atoms with Gasteiger partial charge in [0.05, 0.1) is 18.0 Å². The molecule has 126 valence electrons. The summed E-state index contributed by atoms with van der Waals surface area (Å²) in [5.74, 6) is -4.04. The molecular weight excluding hydrogens is 349 g/mol. The summed E-state index contributed by atoms with van der Waals surface area (Å²) >= 11 is 1.17. The zero-order valence-electron chi connectivity index (χ0n) is 12.2. The van der Waals surface area contributed by atoms with E-state index in [0.717, 1.165) is 16.0 Å². The highest BCUT2D eigenvalue weighted by Crippen LogP contribution is 2.32. The molecule has 2 aromatic rings. The van der Waals surface area contributed by atoms with Gasteiger partial charge in [-0.3, -0.25) is 4.79 Å². The van der Waals surface area contributed by atoms with Crippen LogP contribution >= 0.6 is 23.7 Å². The Balaban J connectivity index is 0.00000264. The molecule has 1 aromatic heterocycles. The molecule has 0 aliphatic heterocycles. The molecular formula is C15H16ClF3N2OS. The van der Waals surface area contributed by atoms with Crippen LogP contribution in [0.25, 0.3) is 10.4 Å².